The number of hydrogen-bond acceptors (Lipinski definition) is 1. The van der Waals surface area contributed by atoms with E-state index in [0.29, 0.717) is 0 Å². The number of hydrogen-bond donors (Lipinski definition) is 0. The monoisotopic (exact) mass is 291 g/mol. The van der Waals surface area contributed by atoms with Gasteiger partial charge in [-0.15, -0.1) is 0 Å². The normalized spacial score (nSPS) is 6.00. The van der Waals surface area contributed by atoms with Crippen LogP contribution in [0.15, 0.2) is 18.5 Å². The molecule has 3 heteroatoms. The zero-order chi connectivity index (χ0) is 4.24. The van der Waals surface area contributed by atoms with Gasteiger partial charge in [0, 0.05) is 0 Å². The van der Waals surface area contributed by atoms with Crippen LogP contribution in [0.5, 0.6) is 0 Å². The van der Waals surface area contributed by atoms with Crippen LogP contribution in [0.1, 0.15) is 0 Å². The third kappa shape index (κ3) is 4.78. The second-order valence-electron chi connectivity index (χ2n) is 0.885. The molecule has 0 aliphatic carbocycles. The first-order valence-electron chi connectivity index (χ1n) is 1.67. The first-order chi connectivity index (χ1) is 3.00. The first kappa shape index (κ1) is 11.4. The summed E-state index contributed by atoms with van der Waals surface area (Å²) in [5, 5.41) is 0. The molecule has 0 aliphatic rings. The molecule has 1 rings (SSSR count). The molecule has 0 spiro atoms. The average Bonchev–Trinajstić information content (AvgIpc) is 1.72. The molecule has 50 valence electrons. The maximum absolute atomic E-state index is 3.67. The summed E-state index contributed by atoms with van der Waals surface area (Å²) in [6.45, 7) is 0. The summed E-state index contributed by atoms with van der Waals surface area (Å²) in [5.41, 5.74) is 0. The van der Waals surface area contributed by atoms with Crippen molar-refractivity contribution in [3.05, 3.63) is 30.6 Å². The van der Waals surface area contributed by atoms with Crippen molar-refractivity contribution in [3.63, 3.8) is 0 Å². The van der Waals surface area contributed by atoms with Crippen LogP contribution < -0.4 is 0 Å². The van der Waals surface area contributed by atoms with E-state index >= 15 is 0 Å². The second-order valence-corrected chi connectivity index (χ2v) is 0.885. The van der Waals surface area contributed by atoms with Crippen LogP contribution in [0.4, 0.5) is 0 Å². The first-order valence-corrected chi connectivity index (χ1v) is 1.67. The van der Waals surface area contributed by atoms with E-state index in [2.05, 4.69) is 17.1 Å². The van der Waals surface area contributed by atoms with Crippen molar-refractivity contribution in [2.45, 2.75) is 0 Å². The van der Waals surface area contributed by atoms with Crippen molar-refractivity contribution in [1.29, 1.82) is 0 Å². The van der Waals surface area contributed by atoms with Gasteiger partial charge in [0.1, 0.15) is 0 Å². The minimum Gasteiger partial charge on any atom is -0.490 e. The predicted molar refractivity (Wildman–Crippen MR) is 21.9 cm³/mol. The smallest absolute Gasteiger partial charge is 0.490 e. The Kier molecular flexibility index (Phi) is 10.9. The van der Waals surface area contributed by atoms with Crippen LogP contribution in [0.3, 0.4) is 0 Å². The average molecular weight is 293 g/mol. The molecule has 1 heterocycles. The van der Waals surface area contributed by atoms with Gasteiger partial charge in [-0.25, -0.2) is 0 Å². The maximum Gasteiger partial charge on any atom is 1.00 e. The Bertz CT molecular complexity index is 82.4. The molecular weight excluding hydrogens is 290 g/mol. The Hall–Kier alpha value is 0.631. The van der Waals surface area contributed by atoms with E-state index in [1.54, 1.807) is 18.5 Å². The molecule has 0 saturated heterocycles. The Balaban J connectivity index is 0. The van der Waals surface area contributed by atoms with Gasteiger partial charge in [0.25, 0.3) is 0 Å². The number of nitrogens with zero attached hydrogens (tertiary/aromatic N) is 1. The molecule has 1 nitrogen and oxygen atoms in total. The molecule has 0 atom stereocenters. The molecule has 0 radical (unpaired) electrons. The van der Waals surface area contributed by atoms with E-state index < -0.39 is 0 Å². The summed E-state index contributed by atoms with van der Waals surface area (Å²) >= 11 is 0. The van der Waals surface area contributed by atoms with Crippen molar-refractivity contribution < 1.29 is 44.8 Å². The van der Waals surface area contributed by atoms with Gasteiger partial charge in [0.05, 0.1) is 0 Å². The predicted octanol–water partition coefficient (Wildman–Crippen LogP) is 0.677. The topological polar surface area (TPSA) is 12.9 Å². The van der Waals surface area contributed by atoms with Crippen LogP contribution in [0, 0.1) is 12.1 Å². The summed E-state index contributed by atoms with van der Waals surface area (Å²) in [6.07, 6.45) is 3.19. The van der Waals surface area contributed by atoms with Crippen LogP contribution in [0.2, 0.25) is 0 Å². The fourth-order valence-corrected chi connectivity index (χ4v) is 0.246. The fourth-order valence-electron chi connectivity index (χ4n) is 0.246. The van der Waals surface area contributed by atoms with E-state index in [1.807, 2.05) is 0 Å². The van der Waals surface area contributed by atoms with Crippen LogP contribution in [0.25, 0.3) is 0 Å². The molecule has 0 N–H and O–H groups in total. The van der Waals surface area contributed by atoms with Crippen molar-refractivity contribution in [2.75, 3.05) is 0 Å². The van der Waals surface area contributed by atoms with E-state index in [9.17, 15) is 0 Å². The molecular formula is C5H3Ag2N. The molecule has 0 bridgehead atoms. The number of rotatable bonds is 0. The van der Waals surface area contributed by atoms with Crippen LogP contribution in [-0.4, -0.2) is 4.98 Å². The van der Waals surface area contributed by atoms with Gasteiger partial charge in [-0.1, -0.05) is 0 Å². The zero-order valence-corrected chi connectivity index (χ0v) is 6.75. The van der Waals surface area contributed by atoms with E-state index in [1.165, 1.54) is 0 Å². The Morgan fingerprint density at radius 1 is 1.00 bits per heavy atom. The molecule has 1 aromatic heterocycles. The molecule has 0 fully saturated rings. The summed E-state index contributed by atoms with van der Waals surface area (Å²) < 4.78 is 0. The molecule has 0 unspecified atom stereocenters. The molecule has 8 heavy (non-hydrogen) atoms. The van der Waals surface area contributed by atoms with Crippen molar-refractivity contribution >= 4 is 0 Å². The van der Waals surface area contributed by atoms with Gasteiger partial charge in [0.2, 0.25) is 0 Å². The zero-order valence-electron chi connectivity index (χ0n) is 3.78. The van der Waals surface area contributed by atoms with Crippen molar-refractivity contribution in [3.8, 4) is 0 Å². The Morgan fingerprint density at radius 3 is 1.62 bits per heavy atom. The van der Waals surface area contributed by atoms with Crippen molar-refractivity contribution in [2.24, 2.45) is 0 Å². The van der Waals surface area contributed by atoms with Crippen LogP contribution >= 0.6 is 0 Å². The molecule has 0 saturated carbocycles. The van der Waals surface area contributed by atoms with Gasteiger partial charge in [-0.05, 0) is 0 Å². The van der Waals surface area contributed by atoms with Crippen molar-refractivity contribution in [1.82, 2.24) is 4.98 Å². The number of aromatic nitrogens is 1. The third-order valence-corrected chi connectivity index (χ3v) is 0.465. The number of pyridine rings is 1. The maximum atomic E-state index is 3.67. The SMILES string of the molecule is [Ag+].[Ag+].[c-]1c[c-]cnc1. The van der Waals surface area contributed by atoms with Gasteiger partial charge >= 0.3 is 44.8 Å². The Morgan fingerprint density at radius 2 is 1.50 bits per heavy atom. The third-order valence-electron chi connectivity index (χ3n) is 0.465. The molecule has 0 amide bonds. The summed E-state index contributed by atoms with van der Waals surface area (Å²) in [4.78, 5) is 3.67. The molecule has 0 aromatic carbocycles. The minimum atomic E-state index is 0. The Labute approximate surface area is 79.9 Å². The fraction of sp³-hybridized carbons (Fsp3) is 0. The summed E-state index contributed by atoms with van der Waals surface area (Å²) in [5.74, 6) is 0. The molecule has 0 aliphatic heterocycles. The van der Waals surface area contributed by atoms with Gasteiger partial charge in [-0.2, -0.15) is 12.4 Å². The van der Waals surface area contributed by atoms with Gasteiger partial charge in [0.15, 0.2) is 0 Å². The van der Waals surface area contributed by atoms with Gasteiger partial charge < -0.3 is 23.2 Å². The minimum absolute atomic E-state index is 0. The summed E-state index contributed by atoms with van der Waals surface area (Å²) in [7, 11) is 0. The van der Waals surface area contributed by atoms with Gasteiger partial charge in [-0.3, -0.25) is 0 Å². The van der Waals surface area contributed by atoms with Crippen LogP contribution in [-0.2, 0) is 44.8 Å². The summed E-state index contributed by atoms with van der Waals surface area (Å²) in [6, 6.07) is 7.14. The van der Waals surface area contributed by atoms with E-state index in [-0.39, 0.29) is 44.8 Å². The largest absolute Gasteiger partial charge is 1.00 e. The van der Waals surface area contributed by atoms with E-state index in [4.69, 9.17) is 0 Å². The standard InChI is InChI=1S/C5H3N.2Ag/c1-2-4-6-5-3-1;;/h1,4-5H;;/q-2;2*+1. The molecule has 1 aromatic rings. The van der Waals surface area contributed by atoms with E-state index in [0.717, 1.165) is 0 Å². The second kappa shape index (κ2) is 7.63. The quantitative estimate of drug-likeness (QED) is 0.506.